The molecule has 6 aromatic carbocycles. The number of aromatic amines is 1. The van der Waals surface area contributed by atoms with Crippen LogP contribution in [0.5, 0.6) is 0 Å². The summed E-state index contributed by atoms with van der Waals surface area (Å²) in [4.78, 5) is 0. The van der Waals surface area contributed by atoms with Gasteiger partial charge in [0.2, 0.25) is 0 Å². The van der Waals surface area contributed by atoms with Gasteiger partial charge in [0, 0.05) is 39.3 Å². The summed E-state index contributed by atoms with van der Waals surface area (Å²) >= 11 is 0. The minimum atomic E-state index is -0.0628. The largest absolute Gasteiger partial charge is 0.309 e. The number of nitrogens with zero attached hydrogens (tertiary/aromatic N) is 2. The van der Waals surface area contributed by atoms with Crippen molar-refractivity contribution in [3.8, 4) is 28.1 Å². The molecule has 3 nitrogen and oxygen atoms in total. The average molecular weight is 748 g/mol. The zero-order valence-corrected chi connectivity index (χ0v) is 33.2. The molecule has 58 heavy (non-hydrogen) atoms. The highest BCUT2D eigenvalue weighted by atomic mass is 15.1. The van der Waals surface area contributed by atoms with E-state index in [4.69, 9.17) is 5.10 Å². The summed E-state index contributed by atoms with van der Waals surface area (Å²) in [6, 6.07) is 49.9. The Morgan fingerprint density at radius 3 is 2.10 bits per heavy atom. The van der Waals surface area contributed by atoms with Gasteiger partial charge in [0.1, 0.15) is 0 Å². The molecule has 8 aromatic rings. The summed E-state index contributed by atoms with van der Waals surface area (Å²) in [7, 11) is 0. The van der Waals surface area contributed by atoms with Gasteiger partial charge in [0.25, 0.3) is 0 Å². The summed E-state index contributed by atoms with van der Waals surface area (Å²) in [6.45, 7) is 6.86. The molecule has 2 unspecified atom stereocenters. The van der Waals surface area contributed by atoms with Crippen LogP contribution in [-0.2, 0) is 5.41 Å². The number of hydrogen-bond donors (Lipinski definition) is 1. The lowest BCUT2D eigenvalue weighted by molar-refractivity contribution is 0.490. The summed E-state index contributed by atoms with van der Waals surface area (Å²) in [5.41, 5.74) is 20.4. The van der Waals surface area contributed by atoms with Crippen LogP contribution in [0.4, 0.5) is 0 Å². The van der Waals surface area contributed by atoms with E-state index in [0.717, 1.165) is 29.8 Å². The Morgan fingerprint density at radius 1 is 0.655 bits per heavy atom. The predicted molar refractivity (Wildman–Crippen MR) is 243 cm³/mol. The number of benzene rings is 6. The molecular weight excluding hydrogens is 703 g/mol. The minimum absolute atomic E-state index is 0.0628. The second-order valence-corrected chi connectivity index (χ2v) is 16.2. The molecule has 2 aromatic heterocycles. The molecule has 0 saturated carbocycles. The van der Waals surface area contributed by atoms with Gasteiger partial charge < -0.3 is 4.57 Å². The van der Waals surface area contributed by atoms with Crippen molar-refractivity contribution in [2.45, 2.75) is 50.9 Å². The van der Waals surface area contributed by atoms with Crippen LogP contribution in [0.25, 0.3) is 62.0 Å². The first kappa shape index (κ1) is 34.5. The van der Waals surface area contributed by atoms with Crippen molar-refractivity contribution in [1.82, 2.24) is 14.8 Å². The Morgan fingerprint density at radius 2 is 1.34 bits per heavy atom. The first-order valence-corrected chi connectivity index (χ1v) is 20.9. The van der Waals surface area contributed by atoms with Gasteiger partial charge in [-0.15, -0.1) is 0 Å². The first-order valence-electron chi connectivity index (χ1n) is 20.9. The fourth-order valence-electron chi connectivity index (χ4n) is 10.6. The summed E-state index contributed by atoms with van der Waals surface area (Å²) in [6.07, 6.45) is 17.7. The van der Waals surface area contributed by atoms with E-state index in [2.05, 4.69) is 206 Å². The predicted octanol–water partition coefficient (Wildman–Crippen LogP) is 14.1. The Labute approximate surface area is 340 Å². The van der Waals surface area contributed by atoms with Gasteiger partial charge >= 0.3 is 0 Å². The standard InChI is InChI=1S/C55H45N3/c1-4-36-15-7-8-17-41-40-16-9-10-20-46(40)54(36)47-29-25-37(32-48(41)47)51-33-38(56-57-51)26-23-35-24-28-42-43-30-27-39(34-50(43)55(5-2,6-3)49(42)31-35)58-52-21-13-11-18-44(52)45-19-12-14-22-53(45)58/h4,7-34,41,54H,5-6H2,1-3H3,(H,56,57)/b15-7?,17-8?,26-23+,36-4?. The average Bonchev–Trinajstić information content (AvgIpc) is 3.98. The quantitative estimate of drug-likeness (QED) is 0.181. The molecule has 0 radical (unpaired) electrons. The summed E-state index contributed by atoms with van der Waals surface area (Å²) < 4.78 is 2.45. The SMILES string of the molecule is CC=C1C=CC=CC2c3ccccc3C1c1ccc(-c3cc(/C=C/c4ccc5c(c4)C(CC)(CC)c4cc(-n6c7ccccc7c7ccccc76)ccc4-5)[nH]n3)cc12. The molecule has 0 spiro atoms. The van der Waals surface area contributed by atoms with Crippen LogP contribution in [0.2, 0.25) is 0 Å². The van der Waals surface area contributed by atoms with Crippen molar-refractivity contribution in [2.24, 2.45) is 0 Å². The molecule has 3 heteroatoms. The number of allylic oxidation sites excluding steroid dienone is 6. The third kappa shape index (κ3) is 5.09. The van der Waals surface area contributed by atoms with E-state index >= 15 is 0 Å². The zero-order chi connectivity index (χ0) is 39.0. The van der Waals surface area contributed by atoms with E-state index < -0.39 is 0 Å². The fourth-order valence-corrected chi connectivity index (χ4v) is 10.6. The van der Waals surface area contributed by atoms with Gasteiger partial charge in [0.05, 0.1) is 22.4 Å². The van der Waals surface area contributed by atoms with Crippen LogP contribution in [0.15, 0.2) is 169 Å². The molecule has 1 N–H and O–H groups in total. The van der Waals surface area contributed by atoms with Gasteiger partial charge in [-0.1, -0.05) is 147 Å². The molecule has 0 aliphatic heterocycles. The van der Waals surface area contributed by atoms with Crippen LogP contribution < -0.4 is 0 Å². The molecule has 2 bridgehead atoms. The molecule has 0 saturated heterocycles. The highest BCUT2D eigenvalue weighted by molar-refractivity contribution is 6.09. The lowest BCUT2D eigenvalue weighted by atomic mass is 9.70. The molecule has 0 amide bonds. The van der Waals surface area contributed by atoms with E-state index in [9.17, 15) is 0 Å². The lowest BCUT2D eigenvalue weighted by Gasteiger charge is -2.33. The Kier molecular flexibility index (Phi) is 8.01. The smallest absolute Gasteiger partial charge is 0.0927 e. The maximum Gasteiger partial charge on any atom is 0.0927 e. The van der Waals surface area contributed by atoms with Crippen LogP contribution >= 0.6 is 0 Å². The molecule has 2 heterocycles. The number of nitrogens with one attached hydrogen (secondary N) is 1. The van der Waals surface area contributed by atoms with Crippen molar-refractivity contribution in [2.75, 3.05) is 0 Å². The number of rotatable bonds is 6. The van der Waals surface area contributed by atoms with Crippen molar-refractivity contribution < 1.29 is 0 Å². The molecule has 280 valence electrons. The van der Waals surface area contributed by atoms with Crippen molar-refractivity contribution in [3.63, 3.8) is 0 Å². The Balaban J connectivity index is 0.918. The normalized spacial score (nSPS) is 18.0. The van der Waals surface area contributed by atoms with Gasteiger partial charge in [-0.05, 0) is 118 Å². The summed E-state index contributed by atoms with van der Waals surface area (Å²) in [5.74, 6) is 0.419. The zero-order valence-electron chi connectivity index (χ0n) is 33.2. The van der Waals surface area contributed by atoms with Gasteiger partial charge in [0.15, 0.2) is 0 Å². The van der Waals surface area contributed by atoms with E-state index in [1.807, 2.05) is 0 Å². The van der Waals surface area contributed by atoms with E-state index in [0.29, 0.717) is 0 Å². The molecule has 3 aliphatic carbocycles. The van der Waals surface area contributed by atoms with Crippen LogP contribution in [0, 0.1) is 0 Å². The maximum absolute atomic E-state index is 4.83. The van der Waals surface area contributed by atoms with Gasteiger partial charge in [-0.25, -0.2) is 0 Å². The number of para-hydroxylation sites is 2. The maximum atomic E-state index is 4.83. The molecule has 3 aliphatic rings. The van der Waals surface area contributed by atoms with Gasteiger partial charge in [-0.2, -0.15) is 5.10 Å². The second kappa shape index (κ2) is 13.5. The number of H-pyrrole nitrogens is 1. The van der Waals surface area contributed by atoms with E-state index in [1.54, 1.807) is 0 Å². The van der Waals surface area contributed by atoms with Crippen LogP contribution in [0.1, 0.15) is 90.1 Å². The number of aromatic nitrogens is 3. The third-order valence-electron chi connectivity index (χ3n) is 13.5. The second-order valence-electron chi connectivity index (χ2n) is 16.2. The number of fused-ring (bicyclic) bond motifs is 9. The first-order chi connectivity index (χ1) is 28.6. The highest BCUT2D eigenvalue weighted by Crippen LogP contribution is 2.54. The molecule has 11 rings (SSSR count). The van der Waals surface area contributed by atoms with Crippen molar-refractivity contribution in [1.29, 1.82) is 0 Å². The van der Waals surface area contributed by atoms with Crippen molar-refractivity contribution in [3.05, 3.63) is 214 Å². The topological polar surface area (TPSA) is 33.6 Å². The van der Waals surface area contributed by atoms with Crippen molar-refractivity contribution >= 4 is 34.0 Å². The van der Waals surface area contributed by atoms with Gasteiger partial charge in [-0.3, -0.25) is 5.10 Å². The highest BCUT2D eigenvalue weighted by Gasteiger charge is 2.41. The fraction of sp³-hybridized carbons (Fsp3) is 0.145. The Hall–Kier alpha value is -6.71. The van der Waals surface area contributed by atoms with E-state index in [1.165, 1.54) is 83.1 Å². The Bertz CT molecular complexity index is 3010. The monoisotopic (exact) mass is 747 g/mol. The molecular formula is C55H45N3. The van der Waals surface area contributed by atoms with E-state index in [-0.39, 0.29) is 17.3 Å². The minimum Gasteiger partial charge on any atom is -0.309 e. The molecule has 0 fully saturated rings. The summed E-state index contributed by atoms with van der Waals surface area (Å²) in [5, 5.41) is 10.7. The lowest BCUT2D eigenvalue weighted by Crippen LogP contribution is -2.23. The molecule has 2 atom stereocenters. The third-order valence-corrected chi connectivity index (χ3v) is 13.5. The van der Waals surface area contributed by atoms with Crippen LogP contribution in [-0.4, -0.2) is 14.8 Å². The van der Waals surface area contributed by atoms with Crippen LogP contribution in [0.3, 0.4) is 0 Å². The number of hydrogen-bond acceptors (Lipinski definition) is 1.